The molecule has 3 N–H and O–H groups in total. The van der Waals surface area contributed by atoms with Crippen LogP contribution in [-0.2, 0) is 14.3 Å². The van der Waals surface area contributed by atoms with Gasteiger partial charge < -0.3 is 20.5 Å². The first kappa shape index (κ1) is 19.7. The second kappa shape index (κ2) is 8.48. The van der Waals surface area contributed by atoms with Crippen molar-refractivity contribution in [2.45, 2.75) is 77.2 Å². The molecule has 4 atom stereocenters. The summed E-state index contributed by atoms with van der Waals surface area (Å²) < 4.78 is 11.5. The van der Waals surface area contributed by atoms with Gasteiger partial charge in [-0.3, -0.25) is 4.79 Å². The van der Waals surface area contributed by atoms with Crippen molar-refractivity contribution < 1.29 is 14.3 Å². The maximum absolute atomic E-state index is 12.4. The first-order valence-electron chi connectivity index (χ1n) is 8.38. The van der Waals surface area contributed by atoms with Gasteiger partial charge in [-0.25, -0.2) is 0 Å². The molecule has 1 heterocycles. The first-order valence-corrected chi connectivity index (χ1v) is 8.38. The van der Waals surface area contributed by atoms with Gasteiger partial charge in [0.1, 0.15) is 6.10 Å². The monoisotopic (exact) mass is 334 g/mol. The van der Waals surface area contributed by atoms with E-state index in [2.05, 4.69) is 19.2 Å². The Labute approximate surface area is 140 Å². The van der Waals surface area contributed by atoms with Crippen molar-refractivity contribution in [2.75, 3.05) is 13.2 Å². The molecule has 0 aromatic heterocycles. The lowest BCUT2D eigenvalue weighted by molar-refractivity contribution is -0.154. The normalized spacial score (nSPS) is 32.9. The number of nitrogens with two attached hydrogens (primary N) is 1. The molecular formula is C16H31ClN2O3. The lowest BCUT2D eigenvalue weighted by Gasteiger charge is -2.55. The van der Waals surface area contributed by atoms with E-state index in [9.17, 15) is 4.79 Å². The smallest absolute Gasteiger partial charge is 0.249 e. The Morgan fingerprint density at radius 2 is 2.00 bits per heavy atom. The number of carbonyl (C=O) groups excluding carboxylic acids is 1. The van der Waals surface area contributed by atoms with Crippen LogP contribution >= 0.6 is 12.4 Å². The van der Waals surface area contributed by atoms with Gasteiger partial charge in [-0.2, -0.15) is 0 Å². The largest absolute Gasteiger partial charge is 0.378 e. The Balaban J connectivity index is 0.00000242. The van der Waals surface area contributed by atoms with Crippen molar-refractivity contribution in [3.8, 4) is 0 Å². The van der Waals surface area contributed by atoms with E-state index in [0.29, 0.717) is 6.54 Å². The summed E-state index contributed by atoms with van der Waals surface area (Å²) in [5, 5.41) is 3.20. The van der Waals surface area contributed by atoms with E-state index in [0.717, 1.165) is 38.7 Å². The second-order valence-corrected chi connectivity index (χ2v) is 6.24. The molecule has 1 saturated heterocycles. The van der Waals surface area contributed by atoms with Gasteiger partial charge >= 0.3 is 0 Å². The molecule has 0 bridgehead atoms. The molecule has 1 aliphatic heterocycles. The molecule has 1 amide bonds. The van der Waals surface area contributed by atoms with Crippen molar-refractivity contribution >= 4 is 18.3 Å². The highest BCUT2D eigenvalue weighted by Crippen LogP contribution is 2.49. The SMILES string of the molecule is CCOC1CC(NC(=O)[C@@H]2CC[C@H](CN)O2)C1(CC)CC.Cl. The predicted octanol–water partition coefficient (Wildman–Crippen LogP) is 2.01. The third kappa shape index (κ3) is 3.58. The minimum absolute atomic E-state index is 0. The zero-order chi connectivity index (χ0) is 15.5. The Hall–Kier alpha value is -0.360. The number of nitrogens with one attached hydrogen (secondary N) is 1. The quantitative estimate of drug-likeness (QED) is 0.747. The molecule has 2 rings (SSSR count). The molecular weight excluding hydrogens is 304 g/mol. The lowest BCUT2D eigenvalue weighted by Crippen LogP contribution is -2.65. The summed E-state index contributed by atoms with van der Waals surface area (Å²) >= 11 is 0. The Morgan fingerprint density at radius 1 is 1.32 bits per heavy atom. The molecule has 5 nitrogen and oxygen atoms in total. The molecule has 0 radical (unpaired) electrons. The van der Waals surface area contributed by atoms with Gasteiger partial charge in [0, 0.05) is 24.6 Å². The molecule has 22 heavy (non-hydrogen) atoms. The van der Waals surface area contributed by atoms with Crippen molar-refractivity contribution in [3.63, 3.8) is 0 Å². The van der Waals surface area contributed by atoms with Gasteiger partial charge in [-0.05, 0) is 39.0 Å². The minimum Gasteiger partial charge on any atom is -0.378 e. The summed E-state index contributed by atoms with van der Waals surface area (Å²) in [5.74, 6) is 0.0252. The zero-order valence-corrected chi connectivity index (χ0v) is 14.8. The maximum Gasteiger partial charge on any atom is 0.249 e. The van der Waals surface area contributed by atoms with Gasteiger partial charge in [0.15, 0.2) is 0 Å². The molecule has 2 fully saturated rings. The average molecular weight is 335 g/mol. The van der Waals surface area contributed by atoms with E-state index in [4.69, 9.17) is 15.2 Å². The van der Waals surface area contributed by atoms with E-state index >= 15 is 0 Å². The number of rotatable bonds is 7. The number of ether oxygens (including phenoxy) is 2. The van der Waals surface area contributed by atoms with Crippen LogP contribution in [0.3, 0.4) is 0 Å². The summed E-state index contributed by atoms with van der Waals surface area (Å²) in [4.78, 5) is 12.4. The molecule has 130 valence electrons. The van der Waals surface area contributed by atoms with Crippen molar-refractivity contribution in [1.29, 1.82) is 0 Å². The van der Waals surface area contributed by atoms with Crippen LogP contribution in [0.25, 0.3) is 0 Å². The molecule has 0 spiro atoms. The third-order valence-corrected chi connectivity index (χ3v) is 5.45. The van der Waals surface area contributed by atoms with Crippen LogP contribution in [0.1, 0.15) is 52.9 Å². The molecule has 6 heteroatoms. The summed E-state index contributed by atoms with van der Waals surface area (Å²) in [6.45, 7) is 7.63. The van der Waals surface area contributed by atoms with Gasteiger partial charge in [-0.15, -0.1) is 12.4 Å². The predicted molar refractivity (Wildman–Crippen MR) is 89.2 cm³/mol. The fourth-order valence-electron chi connectivity index (χ4n) is 3.92. The van der Waals surface area contributed by atoms with E-state index in [1.165, 1.54) is 0 Å². The van der Waals surface area contributed by atoms with Crippen molar-refractivity contribution in [3.05, 3.63) is 0 Å². The standard InChI is InChI=1S/C16H30N2O3.ClH/c1-4-16(5-2)13(9-14(16)20-6-3)18-15(19)12-8-7-11(10-17)21-12;/h11-14H,4-10,17H2,1-3H3,(H,18,19);1H/t11-,12+,13?,14?;/m1./s1. The van der Waals surface area contributed by atoms with Crippen molar-refractivity contribution in [1.82, 2.24) is 5.32 Å². The summed E-state index contributed by atoms with van der Waals surface area (Å²) in [6, 6.07) is 0.206. The zero-order valence-electron chi connectivity index (χ0n) is 14.0. The number of hydrogen-bond donors (Lipinski definition) is 2. The van der Waals surface area contributed by atoms with E-state index in [1.807, 2.05) is 6.92 Å². The van der Waals surface area contributed by atoms with Crippen LogP contribution in [0.15, 0.2) is 0 Å². The van der Waals surface area contributed by atoms with E-state index in [-0.39, 0.29) is 48.1 Å². The highest BCUT2D eigenvalue weighted by molar-refractivity contribution is 5.85. The lowest BCUT2D eigenvalue weighted by atomic mass is 9.58. The number of carbonyl (C=O) groups is 1. The molecule has 2 unspecified atom stereocenters. The van der Waals surface area contributed by atoms with Crippen LogP contribution < -0.4 is 11.1 Å². The van der Waals surface area contributed by atoms with Crippen LogP contribution in [0.5, 0.6) is 0 Å². The average Bonchev–Trinajstić information content (AvgIpc) is 2.96. The van der Waals surface area contributed by atoms with Gasteiger partial charge in [0.2, 0.25) is 5.91 Å². The third-order valence-electron chi connectivity index (χ3n) is 5.45. The molecule has 0 aromatic rings. The first-order chi connectivity index (χ1) is 10.1. The molecule has 1 saturated carbocycles. The van der Waals surface area contributed by atoms with Gasteiger partial charge in [0.05, 0.1) is 12.2 Å². The highest BCUT2D eigenvalue weighted by atomic mass is 35.5. The highest BCUT2D eigenvalue weighted by Gasteiger charge is 2.54. The Kier molecular flexibility index (Phi) is 7.59. The van der Waals surface area contributed by atoms with Gasteiger partial charge in [0.25, 0.3) is 0 Å². The number of amides is 1. The fourth-order valence-corrected chi connectivity index (χ4v) is 3.92. The van der Waals surface area contributed by atoms with E-state index < -0.39 is 0 Å². The fraction of sp³-hybridized carbons (Fsp3) is 0.938. The summed E-state index contributed by atoms with van der Waals surface area (Å²) in [7, 11) is 0. The van der Waals surface area contributed by atoms with Crippen molar-refractivity contribution in [2.24, 2.45) is 11.1 Å². The maximum atomic E-state index is 12.4. The number of halogens is 1. The Morgan fingerprint density at radius 3 is 2.50 bits per heavy atom. The molecule has 1 aliphatic carbocycles. The van der Waals surface area contributed by atoms with Crippen LogP contribution in [0.2, 0.25) is 0 Å². The summed E-state index contributed by atoms with van der Waals surface area (Å²) in [5.41, 5.74) is 5.68. The van der Waals surface area contributed by atoms with Crippen LogP contribution in [-0.4, -0.2) is 43.4 Å². The molecule has 0 aromatic carbocycles. The van der Waals surface area contributed by atoms with E-state index in [1.54, 1.807) is 0 Å². The van der Waals surface area contributed by atoms with Crippen LogP contribution in [0.4, 0.5) is 0 Å². The minimum atomic E-state index is -0.323. The summed E-state index contributed by atoms with van der Waals surface area (Å²) in [6.07, 6.45) is 4.61. The Bertz CT molecular complexity index is 363. The second-order valence-electron chi connectivity index (χ2n) is 6.24. The number of hydrogen-bond acceptors (Lipinski definition) is 4. The molecule has 2 aliphatic rings. The topological polar surface area (TPSA) is 73.6 Å². The van der Waals surface area contributed by atoms with Crippen LogP contribution in [0, 0.1) is 5.41 Å². The van der Waals surface area contributed by atoms with Gasteiger partial charge in [-0.1, -0.05) is 13.8 Å².